The molecule has 5 aromatic rings. The van der Waals surface area contributed by atoms with Crippen molar-refractivity contribution in [3.63, 3.8) is 0 Å². The monoisotopic (exact) mass is 310 g/mol. The molecule has 6 rings (SSSR count). The lowest BCUT2D eigenvalue weighted by Crippen LogP contribution is -1.84. The number of aromatic amines is 2. The number of para-hydroxylation sites is 1. The number of fused-ring (bicyclic) bond motifs is 10. The van der Waals surface area contributed by atoms with E-state index in [1.165, 1.54) is 38.5 Å². The highest BCUT2D eigenvalue weighted by Crippen LogP contribution is 2.49. The van der Waals surface area contributed by atoms with Gasteiger partial charge in [0.1, 0.15) is 0 Å². The Morgan fingerprint density at radius 1 is 0.875 bits per heavy atom. The molecule has 0 aliphatic heterocycles. The summed E-state index contributed by atoms with van der Waals surface area (Å²) in [5, 5.41) is 14.9. The van der Waals surface area contributed by atoms with Gasteiger partial charge in [0.15, 0.2) is 5.88 Å². The van der Waals surface area contributed by atoms with E-state index in [9.17, 15) is 5.11 Å². The third kappa shape index (κ3) is 1.30. The van der Waals surface area contributed by atoms with E-state index in [1.807, 2.05) is 6.20 Å². The van der Waals surface area contributed by atoms with Crippen molar-refractivity contribution in [1.29, 1.82) is 0 Å². The predicted octanol–water partition coefficient (Wildman–Crippen LogP) is 5.08. The molecule has 1 aliphatic rings. The van der Waals surface area contributed by atoms with Crippen LogP contribution in [0.5, 0.6) is 5.88 Å². The van der Waals surface area contributed by atoms with Gasteiger partial charge in [-0.1, -0.05) is 42.5 Å². The fourth-order valence-electron chi connectivity index (χ4n) is 4.38. The minimum Gasteiger partial charge on any atom is -0.494 e. The first-order chi connectivity index (χ1) is 11.8. The quantitative estimate of drug-likeness (QED) is 0.360. The Labute approximate surface area is 137 Å². The van der Waals surface area contributed by atoms with E-state index in [1.54, 1.807) is 0 Å². The molecule has 24 heavy (non-hydrogen) atoms. The van der Waals surface area contributed by atoms with Crippen LogP contribution < -0.4 is 0 Å². The summed E-state index contributed by atoms with van der Waals surface area (Å²) in [5.41, 5.74) is 7.34. The molecule has 0 radical (unpaired) electrons. The molecule has 1 aliphatic carbocycles. The third-order valence-electron chi connectivity index (χ3n) is 5.34. The van der Waals surface area contributed by atoms with Crippen LogP contribution in [-0.2, 0) is 6.42 Å². The zero-order chi connectivity index (χ0) is 15.8. The molecular weight excluding hydrogens is 296 g/mol. The van der Waals surface area contributed by atoms with Crippen LogP contribution in [0.3, 0.4) is 0 Å². The Kier molecular flexibility index (Phi) is 2.04. The van der Waals surface area contributed by atoms with Crippen LogP contribution >= 0.6 is 0 Å². The summed E-state index contributed by atoms with van der Waals surface area (Å²) < 4.78 is 0. The molecule has 0 saturated heterocycles. The number of hydrogen-bond acceptors (Lipinski definition) is 1. The summed E-state index contributed by atoms with van der Waals surface area (Å²) in [6.45, 7) is 0. The van der Waals surface area contributed by atoms with Gasteiger partial charge >= 0.3 is 0 Å². The standard InChI is InChI=1S/C21H14N2O/c24-21-19-14-9-11-5-1-2-6-12(11)17(14)20-18(15(19)10-22-21)13-7-3-4-8-16(13)23-20/h1-8,10,22-24H,9H2. The van der Waals surface area contributed by atoms with Gasteiger partial charge in [-0.3, -0.25) is 0 Å². The number of aromatic hydroxyl groups is 1. The van der Waals surface area contributed by atoms with E-state index in [0.717, 1.165) is 22.7 Å². The topological polar surface area (TPSA) is 51.8 Å². The highest BCUT2D eigenvalue weighted by atomic mass is 16.3. The lowest BCUT2D eigenvalue weighted by molar-refractivity contribution is 0.462. The number of H-pyrrole nitrogens is 2. The first kappa shape index (κ1) is 12.3. The third-order valence-corrected chi connectivity index (χ3v) is 5.34. The predicted molar refractivity (Wildman–Crippen MR) is 97.6 cm³/mol. The molecule has 3 heteroatoms. The van der Waals surface area contributed by atoms with Gasteiger partial charge in [-0.15, -0.1) is 0 Å². The Morgan fingerprint density at radius 2 is 1.71 bits per heavy atom. The van der Waals surface area contributed by atoms with Crippen LogP contribution in [0.1, 0.15) is 11.1 Å². The van der Waals surface area contributed by atoms with Gasteiger partial charge in [0.25, 0.3) is 0 Å². The fourth-order valence-corrected chi connectivity index (χ4v) is 4.38. The van der Waals surface area contributed by atoms with Crippen LogP contribution in [0.25, 0.3) is 43.7 Å². The summed E-state index contributed by atoms with van der Waals surface area (Å²) >= 11 is 0. The Hall–Kier alpha value is -3.20. The lowest BCUT2D eigenvalue weighted by atomic mass is 9.96. The van der Waals surface area contributed by atoms with Gasteiger partial charge in [-0.25, -0.2) is 0 Å². The van der Waals surface area contributed by atoms with E-state index >= 15 is 0 Å². The average molecular weight is 310 g/mol. The van der Waals surface area contributed by atoms with Crippen LogP contribution in [0, 0.1) is 0 Å². The van der Waals surface area contributed by atoms with E-state index < -0.39 is 0 Å². The van der Waals surface area contributed by atoms with Crippen LogP contribution in [-0.4, -0.2) is 15.1 Å². The molecule has 0 atom stereocenters. The zero-order valence-electron chi connectivity index (χ0n) is 12.9. The van der Waals surface area contributed by atoms with Crippen molar-refractivity contribution < 1.29 is 5.11 Å². The Bertz CT molecular complexity index is 1290. The van der Waals surface area contributed by atoms with E-state index in [0.29, 0.717) is 0 Å². The van der Waals surface area contributed by atoms with Crippen LogP contribution in [0.2, 0.25) is 0 Å². The van der Waals surface area contributed by atoms with Gasteiger partial charge in [-0.2, -0.15) is 0 Å². The Morgan fingerprint density at radius 3 is 2.67 bits per heavy atom. The number of hydrogen-bond donors (Lipinski definition) is 3. The van der Waals surface area contributed by atoms with Crippen molar-refractivity contribution in [2.75, 3.05) is 0 Å². The molecule has 3 N–H and O–H groups in total. The van der Waals surface area contributed by atoms with E-state index in [-0.39, 0.29) is 5.88 Å². The minimum absolute atomic E-state index is 0.265. The molecule has 2 heterocycles. The molecule has 0 spiro atoms. The molecular formula is C21H14N2O. The normalized spacial score (nSPS) is 13.0. The van der Waals surface area contributed by atoms with Gasteiger partial charge in [0.05, 0.1) is 5.52 Å². The highest BCUT2D eigenvalue weighted by Gasteiger charge is 2.27. The number of benzene rings is 3. The highest BCUT2D eigenvalue weighted by molar-refractivity contribution is 6.26. The molecule has 0 unspecified atom stereocenters. The molecule has 0 fully saturated rings. The summed E-state index contributed by atoms with van der Waals surface area (Å²) in [5.74, 6) is 0.265. The van der Waals surface area contributed by atoms with Crippen molar-refractivity contribution in [3.05, 3.63) is 65.9 Å². The average Bonchev–Trinajstić information content (AvgIpc) is 3.27. The van der Waals surface area contributed by atoms with Crippen molar-refractivity contribution in [2.45, 2.75) is 6.42 Å². The lowest BCUT2D eigenvalue weighted by Gasteiger charge is -2.06. The maximum Gasteiger partial charge on any atom is 0.196 e. The largest absolute Gasteiger partial charge is 0.494 e. The van der Waals surface area contributed by atoms with Gasteiger partial charge in [0.2, 0.25) is 0 Å². The molecule has 3 aromatic carbocycles. The second-order valence-electron chi connectivity index (χ2n) is 6.53. The van der Waals surface area contributed by atoms with Gasteiger partial charge in [-0.05, 0) is 29.2 Å². The summed E-state index contributed by atoms with van der Waals surface area (Å²) in [6.07, 6.45) is 2.79. The first-order valence-electron chi connectivity index (χ1n) is 8.16. The molecule has 114 valence electrons. The molecule has 3 nitrogen and oxygen atoms in total. The maximum absolute atomic E-state index is 10.5. The minimum atomic E-state index is 0.265. The van der Waals surface area contributed by atoms with Gasteiger partial charge in [0, 0.05) is 38.8 Å². The number of rotatable bonds is 0. The second kappa shape index (κ2) is 4.01. The van der Waals surface area contributed by atoms with Crippen molar-refractivity contribution in [2.24, 2.45) is 0 Å². The second-order valence-corrected chi connectivity index (χ2v) is 6.53. The molecule has 0 saturated carbocycles. The summed E-state index contributed by atoms with van der Waals surface area (Å²) in [4.78, 5) is 6.65. The SMILES string of the molecule is Oc1[nH]cc2c1c1c(c3[nH]c4ccccc4c32)-c2ccccc2C1. The number of aromatic nitrogens is 2. The van der Waals surface area contributed by atoms with Crippen LogP contribution in [0.15, 0.2) is 54.7 Å². The molecule has 0 amide bonds. The van der Waals surface area contributed by atoms with Crippen molar-refractivity contribution in [3.8, 4) is 17.0 Å². The Balaban J connectivity index is 1.96. The van der Waals surface area contributed by atoms with E-state index in [2.05, 4.69) is 58.5 Å². The number of nitrogens with one attached hydrogen (secondary N) is 2. The zero-order valence-corrected chi connectivity index (χ0v) is 12.9. The summed E-state index contributed by atoms with van der Waals surface area (Å²) in [7, 11) is 0. The smallest absolute Gasteiger partial charge is 0.196 e. The van der Waals surface area contributed by atoms with Crippen molar-refractivity contribution in [1.82, 2.24) is 9.97 Å². The van der Waals surface area contributed by atoms with Crippen LogP contribution in [0.4, 0.5) is 0 Å². The van der Waals surface area contributed by atoms with Crippen molar-refractivity contribution >= 4 is 32.6 Å². The van der Waals surface area contributed by atoms with E-state index in [4.69, 9.17) is 0 Å². The molecule has 2 aromatic heterocycles. The first-order valence-corrected chi connectivity index (χ1v) is 8.16. The maximum atomic E-state index is 10.5. The summed E-state index contributed by atoms with van der Waals surface area (Å²) in [6, 6.07) is 16.9. The fraction of sp³-hybridized carbons (Fsp3) is 0.0476. The molecule has 0 bridgehead atoms. The van der Waals surface area contributed by atoms with Gasteiger partial charge < -0.3 is 15.1 Å².